The molecule has 0 aromatic heterocycles. The van der Waals surface area contributed by atoms with Gasteiger partial charge < -0.3 is 10.2 Å². The van der Waals surface area contributed by atoms with E-state index in [2.05, 4.69) is 5.32 Å². The molecule has 7 heteroatoms. The minimum absolute atomic E-state index is 0.182. The summed E-state index contributed by atoms with van der Waals surface area (Å²) < 4.78 is 0. The maximum absolute atomic E-state index is 13.3. The van der Waals surface area contributed by atoms with Gasteiger partial charge in [0.25, 0.3) is 11.8 Å². The first-order chi connectivity index (χ1) is 12.9. The molecule has 0 aliphatic carbocycles. The maximum atomic E-state index is 13.3. The predicted octanol–water partition coefficient (Wildman–Crippen LogP) is 3.20. The standard InChI is InChI=1S/C20H18ClN3O3/c1-12-7-8-13(11-15(12)21)22-19(27)20-10-9-17(25)24(20)16-6-4-3-5-14(16)18(26)23(20)2/h3-8,11H,9-10H2,1-2H3,(H,22,27)/t20-/m1/s1. The first kappa shape index (κ1) is 17.5. The fraction of sp³-hybridized carbons (Fsp3) is 0.250. The molecule has 0 radical (unpaired) electrons. The first-order valence-corrected chi connectivity index (χ1v) is 9.02. The summed E-state index contributed by atoms with van der Waals surface area (Å²) in [6.45, 7) is 1.87. The van der Waals surface area contributed by atoms with Gasteiger partial charge in [0.1, 0.15) is 0 Å². The van der Waals surface area contributed by atoms with Gasteiger partial charge in [0.15, 0.2) is 0 Å². The maximum Gasteiger partial charge on any atom is 0.271 e. The van der Waals surface area contributed by atoms with E-state index in [9.17, 15) is 14.4 Å². The summed E-state index contributed by atoms with van der Waals surface area (Å²) in [7, 11) is 1.56. The quantitative estimate of drug-likeness (QED) is 0.865. The van der Waals surface area contributed by atoms with Crippen LogP contribution in [-0.2, 0) is 9.59 Å². The van der Waals surface area contributed by atoms with Gasteiger partial charge >= 0.3 is 0 Å². The number of fused-ring (bicyclic) bond motifs is 3. The molecule has 2 aliphatic heterocycles. The molecule has 0 spiro atoms. The molecule has 2 aliphatic rings. The van der Waals surface area contributed by atoms with Crippen molar-refractivity contribution in [1.29, 1.82) is 0 Å². The number of nitrogens with one attached hydrogen (secondary N) is 1. The molecule has 2 aromatic rings. The van der Waals surface area contributed by atoms with Crippen LogP contribution in [0.3, 0.4) is 0 Å². The normalized spacial score (nSPS) is 21.1. The molecule has 2 heterocycles. The molecule has 1 saturated heterocycles. The Morgan fingerprint density at radius 2 is 1.93 bits per heavy atom. The number of para-hydroxylation sites is 1. The summed E-state index contributed by atoms with van der Waals surface area (Å²) in [6, 6.07) is 12.1. The molecule has 1 fully saturated rings. The van der Waals surface area contributed by atoms with Gasteiger partial charge in [0.05, 0.1) is 11.3 Å². The summed E-state index contributed by atoms with van der Waals surface area (Å²) in [5.41, 5.74) is 0.908. The van der Waals surface area contributed by atoms with E-state index in [1.807, 2.05) is 6.92 Å². The van der Waals surface area contributed by atoms with Crippen molar-refractivity contribution in [2.24, 2.45) is 0 Å². The predicted molar refractivity (Wildman–Crippen MR) is 103 cm³/mol. The van der Waals surface area contributed by atoms with E-state index in [-0.39, 0.29) is 24.7 Å². The summed E-state index contributed by atoms with van der Waals surface area (Å²) in [5, 5.41) is 3.36. The van der Waals surface area contributed by atoms with Crippen LogP contribution in [0, 0.1) is 6.92 Å². The second-order valence-electron chi connectivity index (χ2n) is 6.85. The number of carbonyl (C=O) groups excluding carboxylic acids is 3. The number of nitrogens with zero attached hydrogens (tertiary/aromatic N) is 2. The Balaban J connectivity index is 1.79. The van der Waals surface area contributed by atoms with Gasteiger partial charge in [-0.3, -0.25) is 19.3 Å². The van der Waals surface area contributed by atoms with Crippen molar-refractivity contribution in [2.75, 3.05) is 17.3 Å². The van der Waals surface area contributed by atoms with Crippen LogP contribution in [0.4, 0.5) is 11.4 Å². The average Bonchev–Trinajstić information content (AvgIpc) is 3.01. The van der Waals surface area contributed by atoms with Crippen molar-refractivity contribution in [1.82, 2.24) is 4.90 Å². The van der Waals surface area contributed by atoms with Crippen molar-refractivity contribution >= 4 is 40.7 Å². The van der Waals surface area contributed by atoms with Crippen LogP contribution >= 0.6 is 11.6 Å². The summed E-state index contributed by atoms with van der Waals surface area (Å²) in [5.74, 6) is -0.897. The van der Waals surface area contributed by atoms with E-state index in [1.165, 1.54) is 9.80 Å². The lowest BCUT2D eigenvalue weighted by Gasteiger charge is -2.47. The summed E-state index contributed by atoms with van der Waals surface area (Å²) >= 11 is 6.15. The highest BCUT2D eigenvalue weighted by Gasteiger charge is 2.59. The molecular weight excluding hydrogens is 366 g/mol. The van der Waals surface area contributed by atoms with Crippen LogP contribution in [0.1, 0.15) is 28.8 Å². The molecular formula is C20H18ClN3O3. The zero-order chi connectivity index (χ0) is 19.3. The van der Waals surface area contributed by atoms with E-state index in [0.717, 1.165) is 5.56 Å². The Morgan fingerprint density at radius 1 is 1.19 bits per heavy atom. The minimum Gasteiger partial charge on any atom is -0.322 e. The van der Waals surface area contributed by atoms with Crippen LogP contribution in [0.15, 0.2) is 42.5 Å². The Morgan fingerprint density at radius 3 is 2.67 bits per heavy atom. The molecule has 1 atom stereocenters. The van der Waals surface area contributed by atoms with E-state index < -0.39 is 11.6 Å². The zero-order valence-electron chi connectivity index (χ0n) is 15.0. The Bertz CT molecular complexity index is 990. The number of amides is 3. The van der Waals surface area contributed by atoms with Crippen molar-refractivity contribution in [2.45, 2.75) is 25.4 Å². The lowest BCUT2D eigenvalue weighted by molar-refractivity contribution is -0.128. The fourth-order valence-corrected chi connectivity index (χ4v) is 4.01. The van der Waals surface area contributed by atoms with E-state index >= 15 is 0 Å². The first-order valence-electron chi connectivity index (χ1n) is 8.64. The fourth-order valence-electron chi connectivity index (χ4n) is 3.83. The number of anilines is 2. The molecule has 0 bridgehead atoms. The van der Waals surface area contributed by atoms with Crippen LogP contribution in [0.25, 0.3) is 0 Å². The molecule has 138 valence electrons. The second-order valence-corrected chi connectivity index (χ2v) is 7.25. The highest BCUT2D eigenvalue weighted by atomic mass is 35.5. The number of likely N-dealkylation sites (N-methyl/N-ethyl adjacent to an activating group) is 1. The minimum atomic E-state index is -1.39. The molecule has 0 saturated carbocycles. The van der Waals surface area contributed by atoms with Crippen LogP contribution in [0.2, 0.25) is 5.02 Å². The van der Waals surface area contributed by atoms with Crippen molar-refractivity contribution in [3.05, 3.63) is 58.6 Å². The molecule has 3 amide bonds. The average molecular weight is 384 g/mol. The van der Waals surface area contributed by atoms with Gasteiger partial charge in [-0.1, -0.05) is 29.8 Å². The van der Waals surface area contributed by atoms with Gasteiger partial charge in [-0.05, 0) is 36.8 Å². The number of halogens is 1. The van der Waals surface area contributed by atoms with E-state index in [4.69, 9.17) is 11.6 Å². The van der Waals surface area contributed by atoms with Crippen LogP contribution in [-0.4, -0.2) is 35.3 Å². The molecule has 27 heavy (non-hydrogen) atoms. The smallest absolute Gasteiger partial charge is 0.271 e. The number of benzene rings is 2. The van der Waals surface area contributed by atoms with Gasteiger partial charge in [0.2, 0.25) is 11.6 Å². The highest BCUT2D eigenvalue weighted by molar-refractivity contribution is 6.31. The SMILES string of the molecule is Cc1ccc(NC(=O)[C@@]23CCC(=O)N2c2ccccc2C(=O)N3C)cc1Cl. The number of rotatable bonds is 2. The molecule has 6 nitrogen and oxygen atoms in total. The van der Waals surface area contributed by atoms with Crippen LogP contribution in [0.5, 0.6) is 0 Å². The lowest BCUT2D eigenvalue weighted by Crippen LogP contribution is -2.68. The van der Waals surface area contributed by atoms with Gasteiger partial charge in [-0.25, -0.2) is 0 Å². The van der Waals surface area contributed by atoms with Gasteiger partial charge in [-0.2, -0.15) is 0 Å². The monoisotopic (exact) mass is 383 g/mol. The van der Waals surface area contributed by atoms with Crippen LogP contribution < -0.4 is 10.2 Å². The lowest BCUT2D eigenvalue weighted by atomic mass is 9.96. The Hall–Kier alpha value is -2.86. The van der Waals surface area contributed by atoms with Crippen molar-refractivity contribution < 1.29 is 14.4 Å². The molecule has 4 rings (SSSR count). The summed E-state index contributed by atoms with van der Waals surface area (Å²) in [4.78, 5) is 41.7. The topological polar surface area (TPSA) is 69.7 Å². The molecule has 2 aromatic carbocycles. The largest absolute Gasteiger partial charge is 0.322 e. The highest BCUT2D eigenvalue weighted by Crippen LogP contribution is 2.44. The molecule has 0 unspecified atom stereocenters. The van der Waals surface area contributed by atoms with Gasteiger partial charge in [0, 0.05) is 30.6 Å². The molecule has 1 N–H and O–H groups in total. The zero-order valence-corrected chi connectivity index (χ0v) is 15.7. The van der Waals surface area contributed by atoms with E-state index in [0.29, 0.717) is 22.0 Å². The number of aryl methyl sites for hydroxylation is 1. The van der Waals surface area contributed by atoms with E-state index in [1.54, 1.807) is 49.5 Å². The third kappa shape index (κ3) is 2.44. The third-order valence-electron chi connectivity index (χ3n) is 5.34. The number of hydrogen-bond donors (Lipinski definition) is 1. The van der Waals surface area contributed by atoms with Gasteiger partial charge in [-0.15, -0.1) is 0 Å². The third-order valence-corrected chi connectivity index (χ3v) is 5.74. The van der Waals surface area contributed by atoms with Crippen molar-refractivity contribution in [3.8, 4) is 0 Å². The second kappa shape index (κ2) is 6.09. The number of hydrogen-bond acceptors (Lipinski definition) is 3. The Kier molecular flexibility index (Phi) is 3.96. The Labute approximate surface area is 161 Å². The van der Waals surface area contributed by atoms with Crippen molar-refractivity contribution in [3.63, 3.8) is 0 Å². The number of carbonyl (C=O) groups is 3. The summed E-state index contributed by atoms with van der Waals surface area (Å²) in [6.07, 6.45) is 0.419.